The Labute approximate surface area is 129 Å². The monoisotopic (exact) mass is 296 g/mol. The molecule has 1 unspecified atom stereocenters. The average Bonchev–Trinajstić information content (AvgIpc) is 2.49. The maximum atomic E-state index is 6.43. The van der Waals surface area contributed by atoms with Gasteiger partial charge in [0.15, 0.2) is 0 Å². The molecule has 3 rings (SSSR count). The van der Waals surface area contributed by atoms with Crippen LogP contribution in [-0.4, -0.2) is 4.98 Å². The summed E-state index contributed by atoms with van der Waals surface area (Å²) in [4.78, 5) is 4.52. The van der Waals surface area contributed by atoms with Crippen molar-refractivity contribution in [2.75, 3.05) is 0 Å². The molecule has 1 atom stereocenters. The minimum absolute atomic E-state index is 0.186. The summed E-state index contributed by atoms with van der Waals surface area (Å²) >= 11 is 6.19. The Bertz CT molecular complexity index is 811. The highest BCUT2D eigenvalue weighted by atomic mass is 35.5. The smallest absolute Gasteiger partial charge is 0.0705 e. The average molecular weight is 297 g/mol. The number of rotatable bonds is 2. The van der Waals surface area contributed by atoms with E-state index in [4.69, 9.17) is 17.3 Å². The molecule has 21 heavy (non-hydrogen) atoms. The van der Waals surface area contributed by atoms with Gasteiger partial charge in [0.05, 0.1) is 11.6 Å². The van der Waals surface area contributed by atoms with Gasteiger partial charge < -0.3 is 5.73 Å². The highest BCUT2D eigenvalue weighted by molar-refractivity contribution is 6.31. The van der Waals surface area contributed by atoms with Crippen LogP contribution < -0.4 is 5.73 Å². The molecule has 0 amide bonds. The molecule has 0 spiro atoms. The van der Waals surface area contributed by atoms with Gasteiger partial charge in [-0.05, 0) is 54.8 Å². The molecular formula is C18H17ClN2. The lowest BCUT2D eigenvalue weighted by Gasteiger charge is -2.16. The van der Waals surface area contributed by atoms with Crippen LogP contribution in [0.4, 0.5) is 0 Å². The molecule has 2 aromatic carbocycles. The molecule has 2 nitrogen and oxygen atoms in total. The zero-order valence-corrected chi connectivity index (χ0v) is 12.9. The van der Waals surface area contributed by atoms with Crippen LogP contribution in [0.2, 0.25) is 5.02 Å². The lowest BCUT2D eigenvalue weighted by atomic mass is 9.95. The summed E-state index contributed by atoms with van der Waals surface area (Å²) in [6.07, 6.45) is 0. The van der Waals surface area contributed by atoms with E-state index in [1.165, 1.54) is 0 Å². The summed E-state index contributed by atoms with van der Waals surface area (Å²) in [6.45, 7) is 4.00. The zero-order valence-electron chi connectivity index (χ0n) is 12.1. The molecule has 0 fully saturated rings. The van der Waals surface area contributed by atoms with Crippen LogP contribution in [0.3, 0.4) is 0 Å². The molecule has 0 aliphatic carbocycles. The van der Waals surface area contributed by atoms with Gasteiger partial charge in [0, 0.05) is 16.1 Å². The van der Waals surface area contributed by atoms with E-state index in [2.05, 4.69) is 17.1 Å². The normalized spacial score (nSPS) is 12.6. The number of halogens is 1. The number of benzene rings is 2. The van der Waals surface area contributed by atoms with Gasteiger partial charge >= 0.3 is 0 Å². The number of pyridine rings is 1. The molecule has 1 heterocycles. The van der Waals surface area contributed by atoms with E-state index in [1.807, 2.05) is 50.2 Å². The lowest BCUT2D eigenvalue weighted by Crippen LogP contribution is -2.13. The molecule has 0 saturated heterocycles. The van der Waals surface area contributed by atoms with Crippen LogP contribution in [0, 0.1) is 13.8 Å². The first kappa shape index (κ1) is 14.1. The molecular weight excluding hydrogens is 280 g/mol. The number of hydrogen-bond acceptors (Lipinski definition) is 2. The summed E-state index contributed by atoms with van der Waals surface area (Å²) in [5.41, 5.74) is 11.6. The van der Waals surface area contributed by atoms with E-state index in [0.29, 0.717) is 0 Å². The minimum Gasteiger partial charge on any atom is -0.320 e. The molecule has 0 saturated carbocycles. The summed E-state index contributed by atoms with van der Waals surface area (Å²) in [5, 5.41) is 1.86. The van der Waals surface area contributed by atoms with Crippen molar-refractivity contribution in [1.29, 1.82) is 0 Å². The summed E-state index contributed by atoms with van der Waals surface area (Å²) in [5.74, 6) is 0. The fraction of sp³-hybridized carbons (Fsp3) is 0.167. The van der Waals surface area contributed by atoms with E-state index >= 15 is 0 Å². The fourth-order valence-electron chi connectivity index (χ4n) is 2.58. The number of aromatic nitrogens is 1. The first-order chi connectivity index (χ1) is 10.1. The van der Waals surface area contributed by atoms with Crippen LogP contribution in [-0.2, 0) is 0 Å². The van der Waals surface area contributed by atoms with Crippen molar-refractivity contribution in [1.82, 2.24) is 4.98 Å². The van der Waals surface area contributed by atoms with Crippen molar-refractivity contribution in [2.45, 2.75) is 19.9 Å². The molecule has 0 bridgehead atoms. The predicted molar refractivity (Wildman–Crippen MR) is 88.7 cm³/mol. The summed E-state index contributed by atoms with van der Waals surface area (Å²) in [6, 6.07) is 15.9. The van der Waals surface area contributed by atoms with Crippen molar-refractivity contribution in [2.24, 2.45) is 5.73 Å². The van der Waals surface area contributed by atoms with Gasteiger partial charge in [-0.1, -0.05) is 35.9 Å². The fourth-order valence-corrected chi connectivity index (χ4v) is 2.76. The highest BCUT2D eigenvalue weighted by Gasteiger charge is 2.13. The number of nitrogens with two attached hydrogens (primary N) is 1. The topological polar surface area (TPSA) is 38.9 Å². The van der Waals surface area contributed by atoms with Gasteiger partial charge in [0.1, 0.15) is 0 Å². The minimum atomic E-state index is -0.186. The second-order valence-corrected chi connectivity index (χ2v) is 5.74. The van der Waals surface area contributed by atoms with Crippen LogP contribution in [0.25, 0.3) is 10.9 Å². The number of aryl methyl sites for hydroxylation is 1. The largest absolute Gasteiger partial charge is 0.320 e. The van der Waals surface area contributed by atoms with E-state index < -0.39 is 0 Å². The van der Waals surface area contributed by atoms with E-state index in [0.717, 1.165) is 38.3 Å². The zero-order chi connectivity index (χ0) is 15.0. The third-order valence-corrected chi connectivity index (χ3v) is 4.27. The Morgan fingerprint density at radius 2 is 1.86 bits per heavy atom. The molecule has 3 aromatic rings. The molecule has 1 aromatic heterocycles. The maximum Gasteiger partial charge on any atom is 0.0705 e. The Kier molecular flexibility index (Phi) is 3.66. The second-order valence-electron chi connectivity index (χ2n) is 5.34. The first-order valence-electron chi connectivity index (χ1n) is 6.94. The standard InChI is InChI=1S/C18H17ClN2/c1-11-6-7-13-10-14(8-9-17(13)21-11)18(20)15-4-3-5-16(19)12(15)2/h3-10,18H,20H2,1-2H3. The maximum absolute atomic E-state index is 6.43. The van der Waals surface area contributed by atoms with Crippen LogP contribution >= 0.6 is 11.6 Å². The Morgan fingerprint density at radius 1 is 1.05 bits per heavy atom. The van der Waals surface area contributed by atoms with Gasteiger partial charge in [-0.2, -0.15) is 0 Å². The Morgan fingerprint density at radius 3 is 2.67 bits per heavy atom. The van der Waals surface area contributed by atoms with Gasteiger partial charge in [-0.3, -0.25) is 4.98 Å². The molecule has 0 aliphatic rings. The van der Waals surface area contributed by atoms with E-state index in [1.54, 1.807) is 0 Å². The van der Waals surface area contributed by atoms with E-state index in [9.17, 15) is 0 Å². The second kappa shape index (κ2) is 5.47. The van der Waals surface area contributed by atoms with Crippen LogP contribution in [0.1, 0.15) is 28.4 Å². The Balaban J connectivity index is 2.07. The van der Waals surface area contributed by atoms with Crippen molar-refractivity contribution >= 4 is 22.5 Å². The van der Waals surface area contributed by atoms with Gasteiger partial charge in [-0.15, -0.1) is 0 Å². The molecule has 0 aliphatic heterocycles. The third-order valence-electron chi connectivity index (χ3n) is 3.86. The van der Waals surface area contributed by atoms with Crippen molar-refractivity contribution in [3.8, 4) is 0 Å². The van der Waals surface area contributed by atoms with Crippen LogP contribution in [0.15, 0.2) is 48.5 Å². The number of hydrogen-bond donors (Lipinski definition) is 1. The number of nitrogens with zero attached hydrogens (tertiary/aromatic N) is 1. The molecule has 106 valence electrons. The highest BCUT2D eigenvalue weighted by Crippen LogP contribution is 2.28. The van der Waals surface area contributed by atoms with Gasteiger partial charge in [0.2, 0.25) is 0 Å². The quantitative estimate of drug-likeness (QED) is 0.753. The van der Waals surface area contributed by atoms with E-state index in [-0.39, 0.29) is 6.04 Å². The predicted octanol–water partition coefficient (Wildman–Crippen LogP) is 4.55. The van der Waals surface area contributed by atoms with Crippen LogP contribution in [0.5, 0.6) is 0 Å². The SMILES string of the molecule is Cc1ccc2cc(C(N)c3cccc(Cl)c3C)ccc2n1. The third kappa shape index (κ3) is 2.65. The van der Waals surface area contributed by atoms with Gasteiger partial charge in [0.25, 0.3) is 0 Å². The summed E-state index contributed by atoms with van der Waals surface area (Å²) in [7, 11) is 0. The lowest BCUT2D eigenvalue weighted by molar-refractivity contribution is 0.863. The first-order valence-corrected chi connectivity index (χ1v) is 7.32. The van der Waals surface area contributed by atoms with Crippen molar-refractivity contribution in [3.63, 3.8) is 0 Å². The molecule has 3 heteroatoms. The summed E-state index contributed by atoms with van der Waals surface area (Å²) < 4.78 is 0. The molecule has 2 N–H and O–H groups in total. The van der Waals surface area contributed by atoms with Gasteiger partial charge in [-0.25, -0.2) is 0 Å². The van der Waals surface area contributed by atoms with Crippen molar-refractivity contribution < 1.29 is 0 Å². The molecule has 0 radical (unpaired) electrons. The Hall–Kier alpha value is -1.90. The van der Waals surface area contributed by atoms with Crippen molar-refractivity contribution in [3.05, 3.63) is 75.9 Å². The number of fused-ring (bicyclic) bond motifs is 1.